The number of halogens is 1. The first-order chi connectivity index (χ1) is 7.13. The van der Waals surface area contributed by atoms with Gasteiger partial charge in [-0.1, -0.05) is 22.6 Å². The van der Waals surface area contributed by atoms with Crippen molar-refractivity contribution in [3.8, 4) is 0 Å². The zero-order valence-corrected chi connectivity index (χ0v) is 11.1. The van der Waals surface area contributed by atoms with Gasteiger partial charge in [0.2, 0.25) is 0 Å². The van der Waals surface area contributed by atoms with Gasteiger partial charge in [0.05, 0.1) is 13.2 Å². The molecule has 1 fully saturated rings. The molecule has 1 rings (SSSR count). The highest BCUT2D eigenvalue weighted by atomic mass is 127. The van der Waals surface area contributed by atoms with E-state index in [0.29, 0.717) is 19.6 Å². The summed E-state index contributed by atoms with van der Waals surface area (Å²) in [5, 5.41) is 0. The maximum Gasteiger partial charge on any atom is 0.323 e. The predicted molar refractivity (Wildman–Crippen MR) is 62.7 cm³/mol. The smallest absolute Gasteiger partial charge is 0.323 e. The maximum absolute atomic E-state index is 11.7. The van der Waals surface area contributed by atoms with Crippen molar-refractivity contribution in [2.24, 2.45) is 11.3 Å². The lowest BCUT2D eigenvalue weighted by Crippen LogP contribution is -2.32. The number of ether oxygens (including phenoxy) is 2. The molecule has 4 nitrogen and oxygen atoms in total. The molecule has 0 spiro atoms. The summed E-state index contributed by atoms with van der Waals surface area (Å²) >= 11 is 2.17. The molecule has 15 heavy (non-hydrogen) atoms. The van der Waals surface area contributed by atoms with E-state index in [2.05, 4.69) is 22.6 Å². The third-order valence-electron chi connectivity index (χ3n) is 2.57. The van der Waals surface area contributed by atoms with Crippen molar-refractivity contribution in [1.82, 2.24) is 0 Å². The van der Waals surface area contributed by atoms with Crippen LogP contribution in [0.3, 0.4) is 0 Å². The van der Waals surface area contributed by atoms with Gasteiger partial charge in [0.15, 0.2) is 5.41 Å². The summed E-state index contributed by atoms with van der Waals surface area (Å²) in [6.45, 7) is 4.07. The van der Waals surface area contributed by atoms with Crippen molar-refractivity contribution in [2.75, 3.05) is 17.6 Å². The zero-order chi connectivity index (χ0) is 11.5. The molecule has 1 atom stereocenters. The van der Waals surface area contributed by atoms with Crippen LogP contribution in [-0.2, 0) is 19.1 Å². The Morgan fingerprint density at radius 2 is 1.73 bits per heavy atom. The first kappa shape index (κ1) is 12.7. The molecule has 1 saturated carbocycles. The summed E-state index contributed by atoms with van der Waals surface area (Å²) in [5.41, 5.74) is -0.993. The van der Waals surface area contributed by atoms with Crippen molar-refractivity contribution in [3.05, 3.63) is 0 Å². The van der Waals surface area contributed by atoms with Gasteiger partial charge in [0.25, 0.3) is 0 Å². The van der Waals surface area contributed by atoms with Gasteiger partial charge in [0.1, 0.15) is 0 Å². The molecular weight excluding hydrogens is 311 g/mol. The maximum atomic E-state index is 11.7. The molecule has 0 aromatic rings. The molecule has 86 valence electrons. The molecule has 1 aliphatic carbocycles. The minimum atomic E-state index is -0.993. The standard InChI is InChI=1S/C10H15IO4/c1-3-14-8(12)10(5-7(10)6-11)9(13)15-4-2/h7H,3-6H2,1-2H3. The molecule has 0 N–H and O–H groups in total. The molecule has 0 aromatic heterocycles. The van der Waals surface area contributed by atoms with Crippen LogP contribution in [0.2, 0.25) is 0 Å². The number of rotatable bonds is 5. The van der Waals surface area contributed by atoms with Crippen LogP contribution < -0.4 is 0 Å². The topological polar surface area (TPSA) is 52.6 Å². The van der Waals surface area contributed by atoms with Gasteiger partial charge in [-0.05, 0) is 26.2 Å². The van der Waals surface area contributed by atoms with Gasteiger partial charge in [0, 0.05) is 4.43 Å². The lowest BCUT2D eigenvalue weighted by molar-refractivity contribution is -0.164. The van der Waals surface area contributed by atoms with Gasteiger partial charge < -0.3 is 9.47 Å². The normalized spacial score (nSPS) is 21.9. The Morgan fingerprint density at radius 3 is 2.00 bits per heavy atom. The molecule has 1 unspecified atom stereocenters. The molecule has 1 aliphatic rings. The predicted octanol–water partition coefficient (Wildman–Crippen LogP) is 1.55. The fourth-order valence-corrected chi connectivity index (χ4v) is 2.68. The van der Waals surface area contributed by atoms with E-state index >= 15 is 0 Å². The van der Waals surface area contributed by atoms with E-state index in [9.17, 15) is 9.59 Å². The monoisotopic (exact) mass is 326 g/mol. The Hall–Kier alpha value is -0.330. The van der Waals surface area contributed by atoms with Crippen molar-refractivity contribution >= 4 is 34.5 Å². The average Bonchev–Trinajstić information content (AvgIpc) is 2.94. The van der Waals surface area contributed by atoms with E-state index in [1.54, 1.807) is 13.8 Å². The van der Waals surface area contributed by atoms with E-state index in [4.69, 9.17) is 9.47 Å². The third-order valence-corrected chi connectivity index (χ3v) is 3.63. The van der Waals surface area contributed by atoms with Crippen LogP contribution in [0.4, 0.5) is 0 Å². The quantitative estimate of drug-likeness (QED) is 0.333. The van der Waals surface area contributed by atoms with E-state index in [0.717, 1.165) is 4.43 Å². The summed E-state index contributed by atoms with van der Waals surface area (Å²) in [4.78, 5) is 23.4. The summed E-state index contributed by atoms with van der Waals surface area (Å²) in [6.07, 6.45) is 0.563. The van der Waals surface area contributed by atoms with Gasteiger partial charge in [-0.15, -0.1) is 0 Å². The Labute approximate surface area is 103 Å². The highest BCUT2D eigenvalue weighted by molar-refractivity contribution is 14.1. The SMILES string of the molecule is CCOC(=O)C1(C(=O)OCC)CC1CI. The Balaban J connectivity index is 2.73. The van der Waals surface area contributed by atoms with Crippen LogP contribution in [0.15, 0.2) is 0 Å². The molecule has 0 saturated heterocycles. The summed E-state index contributed by atoms with van der Waals surface area (Å²) in [7, 11) is 0. The molecule has 0 heterocycles. The zero-order valence-electron chi connectivity index (χ0n) is 8.92. The summed E-state index contributed by atoms with van der Waals surface area (Å²) in [5.74, 6) is -0.772. The Bertz CT molecular complexity index is 246. The van der Waals surface area contributed by atoms with Crippen molar-refractivity contribution < 1.29 is 19.1 Å². The van der Waals surface area contributed by atoms with Gasteiger partial charge >= 0.3 is 11.9 Å². The van der Waals surface area contributed by atoms with Crippen LogP contribution >= 0.6 is 22.6 Å². The second-order valence-corrected chi connectivity index (χ2v) is 4.35. The minimum absolute atomic E-state index is 0.0798. The Morgan fingerprint density at radius 1 is 1.27 bits per heavy atom. The fraction of sp³-hybridized carbons (Fsp3) is 0.800. The highest BCUT2D eigenvalue weighted by Crippen LogP contribution is 2.55. The molecule has 0 amide bonds. The van der Waals surface area contributed by atoms with Crippen LogP contribution in [0.25, 0.3) is 0 Å². The van der Waals surface area contributed by atoms with Crippen LogP contribution in [0.5, 0.6) is 0 Å². The van der Waals surface area contributed by atoms with Gasteiger partial charge in [-0.2, -0.15) is 0 Å². The first-order valence-electron chi connectivity index (χ1n) is 5.03. The number of hydrogen-bond donors (Lipinski definition) is 0. The second kappa shape index (κ2) is 5.14. The van der Waals surface area contributed by atoms with Gasteiger partial charge in [-0.3, -0.25) is 9.59 Å². The fourth-order valence-electron chi connectivity index (χ4n) is 1.62. The minimum Gasteiger partial charge on any atom is -0.465 e. The Kier molecular flexibility index (Phi) is 4.36. The summed E-state index contributed by atoms with van der Waals surface area (Å²) < 4.78 is 10.6. The van der Waals surface area contributed by atoms with Crippen molar-refractivity contribution in [3.63, 3.8) is 0 Å². The first-order valence-corrected chi connectivity index (χ1v) is 6.56. The lowest BCUT2D eigenvalue weighted by Gasteiger charge is -2.13. The number of alkyl halides is 1. The number of hydrogen-bond acceptors (Lipinski definition) is 4. The summed E-state index contributed by atoms with van der Waals surface area (Å²) in [6, 6.07) is 0. The number of carbonyl (C=O) groups excluding carboxylic acids is 2. The van der Waals surface area contributed by atoms with Crippen molar-refractivity contribution in [1.29, 1.82) is 0 Å². The van der Waals surface area contributed by atoms with Crippen LogP contribution in [0, 0.1) is 11.3 Å². The van der Waals surface area contributed by atoms with E-state index in [1.165, 1.54) is 0 Å². The van der Waals surface area contributed by atoms with E-state index < -0.39 is 17.4 Å². The van der Waals surface area contributed by atoms with Crippen LogP contribution in [-0.4, -0.2) is 29.6 Å². The number of carbonyl (C=O) groups is 2. The molecular formula is C10H15IO4. The largest absolute Gasteiger partial charge is 0.465 e. The van der Waals surface area contributed by atoms with E-state index in [1.807, 2.05) is 0 Å². The average molecular weight is 326 g/mol. The molecule has 5 heteroatoms. The highest BCUT2D eigenvalue weighted by Gasteiger charge is 2.67. The molecule has 0 aliphatic heterocycles. The third kappa shape index (κ3) is 2.26. The second-order valence-electron chi connectivity index (χ2n) is 3.47. The van der Waals surface area contributed by atoms with Gasteiger partial charge in [-0.25, -0.2) is 0 Å². The molecule has 0 radical (unpaired) electrons. The van der Waals surface area contributed by atoms with Crippen molar-refractivity contribution in [2.45, 2.75) is 20.3 Å². The molecule has 0 aromatic carbocycles. The molecule has 0 bridgehead atoms. The van der Waals surface area contributed by atoms with Crippen LogP contribution in [0.1, 0.15) is 20.3 Å². The lowest BCUT2D eigenvalue weighted by atomic mass is 10.1. The van der Waals surface area contributed by atoms with E-state index in [-0.39, 0.29) is 5.92 Å². The number of esters is 2.